The van der Waals surface area contributed by atoms with Crippen LogP contribution in [0.3, 0.4) is 0 Å². The standard InChI is InChI=1S/C21H20BrN3O4/c1-11-7-15(4-5-16(11)22)25-10-13(8-19(25)26)21(28)23-14-3-6-18-17(9-14)24-20(27)12(2)29-18/h3-7,9,12-13H,8,10H2,1-2H3,(H,23,28)(H,24,27). The van der Waals surface area contributed by atoms with Gasteiger partial charge >= 0.3 is 0 Å². The number of fused-ring (bicyclic) bond motifs is 1. The zero-order valence-corrected chi connectivity index (χ0v) is 17.6. The highest BCUT2D eigenvalue weighted by atomic mass is 79.9. The van der Waals surface area contributed by atoms with E-state index >= 15 is 0 Å². The predicted molar refractivity (Wildman–Crippen MR) is 113 cm³/mol. The minimum atomic E-state index is -0.555. The number of rotatable bonds is 3. The minimum Gasteiger partial charge on any atom is -0.479 e. The summed E-state index contributed by atoms with van der Waals surface area (Å²) in [6.07, 6.45) is -0.399. The first-order valence-corrected chi connectivity index (χ1v) is 10.1. The van der Waals surface area contributed by atoms with E-state index in [4.69, 9.17) is 4.74 Å². The summed E-state index contributed by atoms with van der Waals surface area (Å²) in [5, 5.41) is 5.60. The maximum atomic E-state index is 12.7. The fourth-order valence-corrected chi connectivity index (χ4v) is 3.71. The van der Waals surface area contributed by atoms with Gasteiger partial charge in [0, 0.05) is 28.8 Å². The first-order chi connectivity index (χ1) is 13.8. The molecule has 2 heterocycles. The van der Waals surface area contributed by atoms with E-state index in [1.807, 2.05) is 25.1 Å². The van der Waals surface area contributed by atoms with Gasteiger partial charge < -0.3 is 20.3 Å². The Morgan fingerprint density at radius 1 is 1.24 bits per heavy atom. The molecule has 0 radical (unpaired) electrons. The van der Waals surface area contributed by atoms with E-state index in [2.05, 4.69) is 26.6 Å². The Morgan fingerprint density at radius 2 is 2.03 bits per heavy atom. The van der Waals surface area contributed by atoms with Gasteiger partial charge in [-0.3, -0.25) is 14.4 Å². The second-order valence-electron chi connectivity index (χ2n) is 7.29. The van der Waals surface area contributed by atoms with Crippen LogP contribution in [0.1, 0.15) is 18.9 Å². The number of nitrogens with one attached hydrogen (secondary N) is 2. The summed E-state index contributed by atoms with van der Waals surface area (Å²) < 4.78 is 6.49. The number of ether oxygens (including phenoxy) is 1. The molecule has 0 bridgehead atoms. The van der Waals surface area contributed by atoms with Gasteiger partial charge in [0.2, 0.25) is 11.8 Å². The molecule has 3 amide bonds. The van der Waals surface area contributed by atoms with E-state index in [1.165, 1.54) is 0 Å². The second kappa shape index (κ2) is 7.51. The van der Waals surface area contributed by atoms with Crippen molar-refractivity contribution in [1.82, 2.24) is 0 Å². The Balaban J connectivity index is 1.45. The first kappa shape index (κ1) is 19.4. The van der Waals surface area contributed by atoms with Crippen molar-refractivity contribution in [3.63, 3.8) is 0 Å². The lowest BCUT2D eigenvalue weighted by Crippen LogP contribution is -2.34. The van der Waals surface area contributed by atoms with Gasteiger partial charge in [-0.25, -0.2) is 0 Å². The van der Waals surface area contributed by atoms with Crippen LogP contribution >= 0.6 is 15.9 Å². The van der Waals surface area contributed by atoms with Gasteiger partial charge in [0.15, 0.2) is 6.10 Å². The molecule has 0 spiro atoms. The average molecular weight is 458 g/mol. The third kappa shape index (κ3) is 3.85. The molecule has 2 aromatic carbocycles. The lowest BCUT2D eigenvalue weighted by molar-refractivity contribution is -0.122. The van der Waals surface area contributed by atoms with Crippen LogP contribution in [-0.4, -0.2) is 30.4 Å². The highest BCUT2D eigenvalue weighted by Crippen LogP contribution is 2.33. The highest BCUT2D eigenvalue weighted by Gasteiger charge is 2.35. The number of hydrogen-bond acceptors (Lipinski definition) is 4. The van der Waals surface area contributed by atoms with Crippen LogP contribution in [0, 0.1) is 12.8 Å². The number of benzene rings is 2. The lowest BCUT2D eigenvalue weighted by atomic mass is 10.1. The topological polar surface area (TPSA) is 87.7 Å². The molecule has 2 unspecified atom stereocenters. The van der Waals surface area contributed by atoms with Crippen molar-refractivity contribution in [3.05, 3.63) is 46.4 Å². The molecular formula is C21H20BrN3O4. The number of aryl methyl sites for hydroxylation is 1. The zero-order valence-electron chi connectivity index (χ0n) is 16.0. The smallest absolute Gasteiger partial charge is 0.265 e. The molecule has 7 nitrogen and oxygen atoms in total. The fraction of sp³-hybridized carbons (Fsp3) is 0.286. The summed E-state index contributed by atoms with van der Waals surface area (Å²) in [6, 6.07) is 10.8. The van der Waals surface area contributed by atoms with Gasteiger partial charge in [-0.1, -0.05) is 15.9 Å². The molecule has 2 aliphatic rings. The van der Waals surface area contributed by atoms with Crippen LogP contribution in [0.25, 0.3) is 0 Å². The number of carbonyl (C=O) groups excluding carboxylic acids is 3. The summed E-state index contributed by atoms with van der Waals surface area (Å²) in [5.41, 5.74) is 2.86. The number of hydrogen-bond donors (Lipinski definition) is 2. The van der Waals surface area contributed by atoms with Gasteiger partial charge in [-0.05, 0) is 55.8 Å². The summed E-state index contributed by atoms with van der Waals surface area (Å²) in [5.74, 6) is -0.433. The SMILES string of the molecule is Cc1cc(N2CC(C(=O)Nc3ccc4c(c3)NC(=O)C(C)O4)CC2=O)ccc1Br. The van der Waals surface area contributed by atoms with Crippen LogP contribution in [0.2, 0.25) is 0 Å². The first-order valence-electron chi connectivity index (χ1n) is 9.31. The molecule has 0 aliphatic carbocycles. The Morgan fingerprint density at radius 3 is 2.79 bits per heavy atom. The summed E-state index contributed by atoms with van der Waals surface area (Å²) in [4.78, 5) is 38.6. The van der Waals surface area contributed by atoms with Gasteiger partial charge in [0.1, 0.15) is 5.75 Å². The number of carbonyl (C=O) groups is 3. The van der Waals surface area contributed by atoms with Crippen molar-refractivity contribution in [2.45, 2.75) is 26.4 Å². The molecule has 2 N–H and O–H groups in total. The van der Waals surface area contributed by atoms with E-state index in [-0.39, 0.29) is 24.1 Å². The van der Waals surface area contributed by atoms with E-state index in [0.717, 1.165) is 15.7 Å². The maximum absolute atomic E-state index is 12.7. The molecule has 0 saturated carbocycles. The van der Waals surface area contributed by atoms with E-state index in [0.29, 0.717) is 23.7 Å². The molecular weight excluding hydrogens is 438 g/mol. The molecule has 4 rings (SSSR count). The van der Waals surface area contributed by atoms with Crippen molar-refractivity contribution in [2.75, 3.05) is 22.1 Å². The largest absolute Gasteiger partial charge is 0.479 e. The normalized spacial score (nSPS) is 20.7. The van der Waals surface area contributed by atoms with Crippen LogP contribution in [0.15, 0.2) is 40.9 Å². The van der Waals surface area contributed by atoms with E-state index in [1.54, 1.807) is 30.0 Å². The maximum Gasteiger partial charge on any atom is 0.265 e. The molecule has 2 aliphatic heterocycles. The van der Waals surface area contributed by atoms with Gasteiger partial charge in [-0.15, -0.1) is 0 Å². The monoisotopic (exact) mass is 457 g/mol. The predicted octanol–water partition coefficient (Wildman–Crippen LogP) is 3.47. The summed E-state index contributed by atoms with van der Waals surface area (Å²) >= 11 is 3.46. The third-order valence-corrected chi connectivity index (χ3v) is 6.02. The molecule has 8 heteroatoms. The molecule has 0 aromatic heterocycles. The molecule has 1 fully saturated rings. The fourth-order valence-electron chi connectivity index (χ4n) is 3.46. The highest BCUT2D eigenvalue weighted by molar-refractivity contribution is 9.10. The molecule has 1 saturated heterocycles. The number of nitrogens with zero attached hydrogens (tertiary/aromatic N) is 1. The van der Waals surface area contributed by atoms with Crippen LogP contribution in [0.4, 0.5) is 17.1 Å². The van der Waals surface area contributed by atoms with Crippen molar-refractivity contribution < 1.29 is 19.1 Å². The van der Waals surface area contributed by atoms with Crippen LogP contribution in [-0.2, 0) is 14.4 Å². The third-order valence-electron chi connectivity index (χ3n) is 5.13. The Hall–Kier alpha value is -2.87. The zero-order chi connectivity index (χ0) is 20.7. The van der Waals surface area contributed by atoms with Gasteiger partial charge in [0.25, 0.3) is 5.91 Å². The van der Waals surface area contributed by atoms with Crippen LogP contribution < -0.4 is 20.3 Å². The van der Waals surface area contributed by atoms with E-state index in [9.17, 15) is 14.4 Å². The quantitative estimate of drug-likeness (QED) is 0.738. The Bertz CT molecular complexity index is 1020. The molecule has 29 heavy (non-hydrogen) atoms. The molecule has 2 atom stereocenters. The Kier molecular flexibility index (Phi) is 5.04. The summed E-state index contributed by atoms with van der Waals surface area (Å²) in [7, 11) is 0. The lowest BCUT2D eigenvalue weighted by Gasteiger charge is -2.24. The van der Waals surface area contributed by atoms with Gasteiger partial charge in [-0.2, -0.15) is 0 Å². The number of amides is 3. The minimum absolute atomic E-state index is 0.0769. The van der Waals surface area contributed by atoms with Crippen molar-refractivity contribution in [1.29, 1.82) is 0 Å². The molecule has 2 aromatic rings. The van der Waals surface area contributed by atoms with Crippen molar-refractivity contribution in [3.8, 4) is 5.75 Å². The summed E-state index contributed by atoms with van der Waals surface area (Å²) in [6.45, 7) is 3.95. The number of halogens is 1. The van der Waals surface area contributed by atoms with Crippen molar-refractivity contribution >= 4 is 50.7 Å². The molecule has 150 valence electrons. The van der Waals surface area contributed by atoms with Crippen molar-refractivity contribution in [2.24, 2.45) is 5.92 Å². The Labute approximate surface area is 176 Å². The van der Waals surface area contributed by atoms with Crippen LogP contribution in [0.5, 0.6) is 5.75 Å². The average Bonchev–Trinajstić information content (AvgIpc) is 3.07. The second-order valence-corrected chi connectivity index (χ2v) is 8.14. The van der Waals surface area contributed by atoms with Gasteiger partial charge in [0.05, 0.1) is 11.6 Å². The number of anilines is 3. The van der Waals surface area contributed by atoms with E-state index < -0.39 is 12.0 Å².